The van der Waals surface area contributed by atoms with Gasteiger partial charge in [-0.05, 0) is 33.1 Å². The number of carbonyl (C=O) groups is 1. The number of carboxylic acid groups (broad SMARTS) is 1. The van der Waals surface area contributed by atoms with Crippen molar-refractivity contribution in [3.8, 4) is 0 Å². The molecule has 0 spiro atoms. The van der Waals surface area contributed by atoms with E-state index in [-0.39, 0.29) is 0 Å². The Hall–Kier alpha value is -1.36. The number of rotatable bonds is 6. The largest absolute Gasteiger partial charge is 0.480 e. The molecule has 5 nitrogen and oxygen atoms in total. The van der Waals surface area contributed by atoms with Gasteiger partial charge in [-0.15, -0.1) is 0 Å². The average Bonchev–Trinajstić information content (AvgIpc) is 3.04. The van der Waals surface area contributed by atoms with Gasteiger partial charge in [0.15, 0.2) is 0 Å². The Morgan fingerprint density at radius 2 is 2.35 bits per heavy atom. The molecule has 1 atom stereocenters. The number of hydrogen-bond donors (Lipinski definition) is 2. The molecular weight excluding hydrogens is 218 g/mol. The number of hydrogen-bond acceptors (Lipinski definition) is 3. The van der Waals surface area contributed by atoms with Gasteiger partial charge in [-0.25, -0.2) is 4.98 Å². The molecule has 0 radical (unpaired) electrons. The number of aryl methyl sites for hydroxylation is 2. The molecule has 0 amide bonds. The van der Waals surface area contributed by atoms with Crippen LogP contribution in [0.5, 0.6) is 0 Å². The first-order chi connectivity index (χ1) is 8.08. The van der Waals surface area contributed by atoms with Crippen LogP contribution in [0.15, 0.2) is 6.33 Å². The van der Waals surface area contributed by atoms with E-state index in [1.54, 1.807) is 6.33 Å². The van der Waals surface area contributed by atoms with Gasteiger partial charge in [-0.3, -0.25) is 4.79 Å². The molecule has 0 aromatic carbocycles. The van der Waals surface area contributed by atoms with Gasteiger partial charge in [0.1, 0.15) is 6.04 Å². The van der Waals surface area contributed by atoms with Crippen molar-refractivity contribution in [3.05, 3.63) is 17.7 Å². The summed E-state index contributed by atoms with van der Waals surface area (Å²) >= 11 is 0. The molecule has 1 aromatic heterocycles. The number of imidazole rings is 1. The van der Waals surface area contributed by atoms with Crippen LogP contribution in [0.3, 0.4) is 0 Å². The zero-order chi connectivity index (χ0) is 12.4. The minimum absolute atomic E-state index is 0.418. The minimum Gasteiger partial charge on any atom is -0.480 e. The zero-order valence-corrected chi connectivity index (χ0v) is 10.3. The summed E-state index contributed by atoms with van der Waals surface area (Å²) in [5, 5.41) is 12.3. The lowest BCUT2D eigenvalue weighted by molar-refractivity contribution is -0.139. The minimum atomic E-state index is -0.758. The molecule has 17 heavy (non-hydrogen) atoms. The molecule has 1 fully saturated rings. The van der Waals surface area contributed by atoms with E-state index < -0.39 is 12.0 Å². The highest BCUT2D eigenvalue weighted by molar-refractivity contribution is 5.73. The van der Waals surface area contributed by atoms with Crippen molar-refractivity contribution in [3.63, 3.8) is 0 Å². The van der Waals surface area contributed by atoms with Crippen LogP contribution in [-0.4, -0.2) is 32.7 Å². The Morgan fingerprint density at radius 1 is 1.65 bits per heavy atom. The maximum atomic E-state index is 11.1. The van der Waals surface area contributed by atoms with E-state index in [0.29, 0.717) is 19.0 Å². The van der Waals surface area contributed by atoms with Gasteiger partial charge in [0.25, 0.3) is 0 Å². The second-order valence-corrected chi connectivity index (χ2v) is 4.73. The highest BCUT2D eigenvalue weighted by Gasteiger charge is 2.27. The van der Waals surface area contributed by atoms with E-state index >= 15 is 0 Å². The Kier molecular flexibility index (Phi) is 3.47. The smallest absolute Gasteiger partial charge is 0.320 e. The second kappa shape index (κ2) is 4.87. The van der Waals surface area contributed by atoms with E-state index in [9.17, 15) is 4.79 Å². The third kappa shape index (κ3) is 3.06. The van der Waals surface area contributed by atoms with Crippen molar-refractivity contribution in [2.45, 2.75) is 51.7 Å². The molecule has 0 bridgehead atoms. The molecule has 2 N–H and O–H groups in total. The maximum Gasteiger partial charge on any atom is 0.320 e. The second-order valence-electron chi connectivity index (χ2n) is 4.73. The zero-order valence-electron chi connectivity index (χ0n) is 10.3. The lowest BCUT2D eigenvalue weighted by atomic mass is 10.2. The molecule has 1 heterocycles. The molecule has 0 saturated heterocycles. The molecule has 5 heteroatoms. The number of carboxylic acids is 1. The van der Waals surface area contributed by atoms with Crippen LogP contribution in [0.25, 0.3) is 0 Å². The molecule has 1 aliphatic carbocycles. The van der Waals surface area contributed by atoms with E-state index in [4.69, 9.17) is 5.11 Å². The highest BCUT2D eigenvalue weighted by Crippen LogP contribution is 2.20. The van der Waals surface area contributed by atoms with E-state index in [0.717, 1.165) is 24.2 Å². The molecule has 1 aromatic rings. The standard InChI is InChI=1S/C12H19N3O2/c1-8-9(2)15(7-13-8)6-5-11(12(16)17)14-10-3-4-10/h7,10-11,14H,3-6H2,1-2H3,(H,16,17). The number of aliphatic carboxylic acids is 1. The van der Waals surface area contributed by atoms with Crippen molar-refractivity contribution in [1.82, 2.24) is 14.9 Å². The molecule has 0 aliphatic heterocycles. The van der Waals surface area contributed by atoms with Gasteiger partial charge < -0.3 is 15.0 Å². The van der Waals surface area contributed by atoms with Crippen LogP contribution < -0.4 is 5.32 Å². The Labute approximate surface area is 101 Å². The van der Waals surface area contributed by atoms with Crippen LogP contribution >= 0.6 is 0 Å². The van der Waals surface area contributed by atoms with Crippen molar-refractivity contribution in [2.24, 2.45) is 0 Å². The van der Waals surface area contributed by atoms with Crippen LogP contribution in [0.1, 0.15) is 30.7 Å². The summed E-state index contributed by atoms with van der Waals surface area (Å²) in [6.45, 7) is 4.67. The molecule has 94 valence electrons. The molecule has 1 saturated carbocycles. The Bertz CT molecular complexity index is 410. The van der Waals surface area contributed by atoms with Gasteiger partial charge in [0, 0.05) is 18.3 Å². The fourth-order valence-corrected chi connectivity index (χ4v) is 1.85. The van der Waals surface area contributed by atoms with Gasteiger partial charge in [-0.1, -0.05) is 0 Å². The number of nitrogens with one attached hydrogen (secondary N) is 1. The summed E-state index contributed by atoms with van der Waals surface area (Å²) in [4.78, 5) is 15.3. The van der Waals surface area contributed by atoms with E-state index in [1.807, 2.05) is 18.4 Å². The predicted molar refractivity (Wildman–Crippen MR) is 63.9 cm³/mol. The van der Waals surface area contributed by atoms with Crippen LogP contribution in [0.4, 0.5) is 0 Å². The summed E-state index contributed by atoms with van der Waals surface area (Å²) in [6, 6.07) is -0.0219. The SMILES string of the molecule is Cc1ncn(CCC(NC2CC2)C(=O)O)c1C. The van der Waals surface area contributed by atoms with E-state index in [1.165, 1.54) is 0 Å². The fraction of sp³-hybridized carbons (Fsp3) is 0.667. The topological polar surface area (TPSA) is 67.2 Å². The summed E-state index contributed by atoms with van der Waals surface area (Å²) in [7, 11) is 0. The summed E-state index contributed by atoms with van der Waals surface area (Å²) in [6.07, 6.45) is 4.59. The third-order valence-electron chi connectivity index (χ3n) is 3.32. The normalized spacial score (nSPS) is 17.1. The van der Waals surface area contributed by atoms with Crippen molar-refractivity contribution in [1.29, 1.82) is 0 Å². The lowest BCUT2D eigenvalue weighted by Crippen LogP contribution is -2.38. The van der Waals surface area contributed by atoms with Crippen molar-refractivity contribution >= 4 is 5.97 Å². The Balaban J connectivity index is 1.90. The highest BCUT2D eigenvalue weighted by atomic mass is 16.4. The molecular formula is C12H19N3O2. The van der Waals surface area contributed by atoms with Gasteiger partial charge in [-0.2, -0.15) is 0 Å². The third-order valence-corrected chi connectivity index (χ3v) is 3.32. The van der Waals surface area contributed by atoms with Gasteiger partial charge in [0.2, 0.25) is 0 Å². The summed E-state index contributed by atoms with van der Waals surface area (Å²) < 4.78 is 2.01. The van der Waals surface area contributed by atoms with Crippen LogP contribution in [0.2, 0.25) is 0 Å². The Morgan fingerprint density at radius 3 is 2.82 bits per heavy atom. The van der Waals surface area contributed by atoms with Crippen molar-refractivity contribution < 1.29 is 9.90 Å². The first-order valence-electron chi connectivity index (χ1n) is 6.05. The summed E-state index contributed by atoms with van der Waals surface area (Å²) in [5.41, 5.74) is 2.12. The monoisotopic (exact) mass is 237 g/mol. The van der Waals surface area contributed by atoms with Gasteiger partial charge in [0.05, 0.1) is 12.0 Å². The average molecular weight is 237 g/mol. The molecule has 1 aliphatic rings. The molecule has 2 rings (SSSR count). The summed E-state index contributed by atoms with van der Waals surface area (Å²) in [5.74, 6) is -0.758. The number of nitrogens with zero attached hydrogens (tertiary/aromatic N) is 2. The quantitative estimate of drug-likeness (QED) is 0.777. The first kappa shape index (κ1) is 12.1. The first-order valence-corrected chi connectivity index (χ1v) is 6.05. The molecule has 1 unspecified atom stereocenters. The van der Waals surface area contributed by atoms with Crippen molar-refractivity contribution in [2.75, 3.05) is 0 Å². The fourth-order valence-electron chi connectivity index (χ4n) is 1.85. The van der Waals surface area contributed by atoms with Crippen LogP contribution in [0, 0.1) is 13.8 Å². The van der Waals surface area contributed by atoms with Gasteiger partial charge >= 0.3 is 5.97 Å². The lowest BCUT2D eigenvalue weighted by Gasteiger charge is -2.14. The van der Waals surface area contributed by atoms with Crippen LogP contribution in [-0.2, 0) is 11.3 Å². The van der Waals surface area contributed by atoms with E-state index in [2.05, 4.69) is 10.3 Å². The predicted octanol–water partition coefficient (Wildman–Crippen LogP) is 1.10. The maximum absolute atomic E-state index is 11.1. The number of aromatic nitrogens is 2.